The van der Waals surface area contributed by atoms with Crippen LogP contribution in [0.1, 0.15) is 20.6 Å². The Morgan fingerprint density at radius 2 is 1.72 bits per heavy atom. The minimum atomic E-state index is -1.44. The molecule has 1 amide bonds. The highest BCUT2D eigenvalue weighted by Gasteiger charge is 2.10. The lowest BCUT2D eigenvalue weighted by Crippen LogP contribution is -2.18. The Morgan fingerprint density at radius 1 is 1.17 bits per heavy atom. The minimum Gasteiger partial charge on any atom is -0.253 e. The molecule has 0 aliphatic carbocycles. The van der Waals surface area contributed by atoms with Gasteiger partial charge in [-0.2, -0.15) is 10.1 Å². The molecule has 0 aromatic heterocycles. The van der Waals surface area contributed by atoms with Crippen LogP contribution in [0.5, 0.6) is 0 Å². The third-order valence-electron chi connectivity index (χ3n) is 1.63. The van der Waals surface area contributed by atoms with Gasteiger partial charge in [-0.25, -0.2) is 0 Å². The molecule has 2 aromatic rings. The molecule has 4 heteroatoms. The average molecular weight is 270 g/mol. The van der Waals surface area contributed by atoms with Gasteiger partial charge in [-0.15, -0.1) is 0 Å². The molecule has 0 N–H and O–H groups in total. The fourth-order valence-electron chi connectivity index (χ4n) is 0.932. The molecule has 2 aromatic carbocycles. The molecule has 90 valence electrons. The van der Waals surface area contributed by atoms with Crippen LogP contribution in [0.25, 0.3) is 0 Å². The zero-order chi connectivity index (χ0) is 22.4. The number of hydrogen-bond acceptors (Lipinski definition) is 2. The number of hydrogen-bond donors (Lipinski definition) is 0. The number of rotatable bonds is 3. The second kappa shape index (κ2) is 5.98. The van der Waals surface area contributed by atoms with E-state index in [2.05, 4.69) is 5.10 Å². The number of amides is 1. The van der Waals surface area contributed by atoms with Gasteiger partial charge in [-0.1, -0.05) is 48.3 Å². The first-order valence-corrected chi connectivity index (χ1v) is 4.89. The standard InChI is InChI=1S/C14H11ClN2O/c15-14(18)17(13-9-5-2-6-10-13)16-11-12-7-3-1-4-8-12/h1-11H/b16-11+/i1D,2D,3D,4D,5D,6D,7D,8D,9D,10D,11D. The molecule has 0 unspecified atom stereocenters. The second-order valence-electron chi connectivity index (χ2n) is 2.75. The molecule has 0 heterocycles. The maximum Gasteiger partial charge on any atom is 0.341 e. The molecule has 0 radical (unpaired) electrons. The predicted molar refractivity (Wildman–Crippen MR) is 74.2 cm³/mol. The van der Waals surface area contributed by atoms with Crippen LogP contribution >= 0.6 is 11.6 Å². The van der Waals surface area contributed by atoms with Crippen LogP contribution in [-0.4, -0.2) is 11.6 Å². The van der Waals surface area contributed by atoms with Crippen LogP contribution in [0, 0.1) is 0 Å². The van der Waals surface area contributed by atoms with Gasteiger partial charge in [0.15, 0.2) is 0 Å². The van der Waals surface area contributed by atoms with Crippen LogP contribution in [0.3, 0.4) is 0 Å². The summed E-state index contributed by atoms with van der Waals surface area (Å²) in [6, 6.07) is -7.69. The topological polar surface area (TPSA) is 32.7 Å². The number of carbonyl (C=O) groups excluding carboxylic acids is 1. The van der Waals surface area contributed by atoms with Crippen molar-refractivity contribution in [1.82, 2.24) is 0 Å². The molecule has 0 saturated heterocycles. The molecule has 0 aliphatic heterocycles. The van der Waals surface area contributed by atoms with Crippen molar-refractivity contribution >= 4 is 28.8 Å². The predicted octanol–water partition coefficient (Wildman–Crippen LogP) is 3.89. The molecule has 0 saturated carbocycles. The van der Waals surface area contributed by atoms with E-state index in [1.807, 2.05) is 0 Å². The second-order valence-corrected chi connectivity index (χ2v) is 3.07. The van der Waals surface area contributed by atoms with Crippen molar-refractivity contribution in [1.29, 1.82) is 0 Å². The van der Waals surface area contributed by atoms with Crippen molar-refractivity contribution in [3.63, 3.8) is 0 Å². The number of benzene rings is 2. The SMILES string of the molecule is [2H]/C(=N\N(C(=O)Cl)c1c([2H])c([2H])c([2H])c([2H])c1[2H])c1c([2H])c([2H])c([2H])c([2H])c1[2H]. The number of nitrogens with zero attached hydrogens (tertiary/aromatic N) is 2. The smallest absolute Gasteiger partial charge is 0.253 e. The molecule has 3 nitrogen and oxygen atoms in total. The van der Waals surface area contributed by atoms with E-state index in [4.69, 9.17) is 26.7 Å². The summed E-state index contributed by atoms with van der Waals surface area (Å²) in [5, 5.41) is 2.18. The summed E-state index contributed by atoms with van der Waals surface area (Å²) in [6.07, 6.45) is -0.997. The summed E-state index contributed by atoms with van der Waals surface area (Å²) in [5.74, 6) is 0. The van der Waals surface area contributed by atoms with Crippen molar-refractivity contribution in [3.8, 4) is 0 Å². The van der Waals surface area contributed by atoms with Crippen LogP contribution < -0.4 is 5.01 Å². The third-order valence-corrected chi connectivity index (χ3v) is 1.79. The normalized spacial score (nSPS) is 19.6. The average Bonchev–Trinajstić information content (AvgIpc) is 2.67. The minimum absolute atomic E-state index is 0.144. The lowest BCUT2D eigenvalue weighted by Gasteiger charge is -2.12. The first-order valence-electron chi connectivity index (χ1n) is 10.0. The molecule has 0 bridgehead atoms. The summed E-state index contributed by atoms with van der Waals surface area (Å²) >= 11 is 5.43. The number of anilines is 1. The Bertz CT molecular complexity index is 1010. The van der Waals surface area contributed by atoms with Gasteiger partial charge in [0.25, 0.3) is 0 Å². The van der Waals surface area contributed by atoms with Gasteiger partial charge in [0.05, 0.1) is 27.0 Å². The van der Waals surface area contributed by atoms with Crippen molar-refractivity contribution in [2.75, 3.05) is 5.01 Å². The Morgan fingerprint density at radius 3 is 2.28 bits per heavy atom. The van der Waals surface area contributed by atoms with Crippen LogP contribution in [0.15, 0.2) is 65.5 Å². The highest BCUT2D eigenvalue weighted by molar-refractivity contribution is 6.66. The van der Waals surface area contributed by atoms with E-state index in [-0.39, 0.29) is 5.01 Å². The molecular weight excluding hydrogens is 248 g/mol. The largest absolute Gasteiger partial charge is 0.341 e. The third kappa shape index (κ3) is 3.18. The van der Waals surface area contributed by atoms with E-state index in [0.717, 1.165) is 0 Å². The van der Waals surface area contributed by atoms with Crippen molar-refractivity contribution in [2.24, 2.45) is 5.10 Å². The number of para-hydroxylation sites is 1. The van der Waals surface area contributed by atoms with Crippen LogP contribution in [0.4, 0.5) is 10.5 Å². The monoisotopic (exact) mass is 269 g/mol. The van der Waals surface area contributed by atoms with Crippen molar-refractivity contribution in [2.45, 2.75) is 0 Å². The maximum atomic E-state index is 11.8. The Labute approximate surface area is 126 Å². The molecule has 18 heavy (non-hydrogen) atoms. The lowest BCUT2D eigenvalue weighted by molar-refractivity contribution is 0.264. The molecule has 2 rings (SSSR count). The highest BCUT2D eigenvalue weighted by Crippen LogP contribution is 2.15. The molecule has 0 atom stereocenters. The summed E-state index contributed by atoms with van der Waals surface area (Å²) in [5.41, 5.74) is -1.42. The quantitative estimate of drug-likeness (QED) is 0.360. The number of hydrazone groups is 1. The first-order chi connectivity index (χ1) is 13.3. The van der Waals surface area contributed by atoms with E-state index >= 15 is 0 Å². The van der Waals surface area contributed by atoms with Gasteiger partial charge >= 0.3 is 5.37 Å². The van der Waals surface area contributed by atoms with Crippen molar-refractivity contribution < 1.29 is 19.9 Å². The van der Waals surface area contributed by atoms with E-state index in [1.165, 1.54) is 0 Å². The van der Waals surface area contributed by atoms with Crippen LogP contribution in [-0.2, 0) is 0 Å². The Kier molecular flexibility index (Phi) is 1.50. The van der Waals surface area contributed by atoms with Gasteiger partial charge in [0.2, 0.25) is 0 Å². The zero-order valence-corrected chi connectivity index (χ0v) is 9.44. The van der Waals surface area contributed by atoms with E-state index in [9.17, 15) is 4.79 Å². The molecule has 0 spiro atoms. The van der Waals surface area contributed by atoms with Gasteiger partial charge in [0, 0.05) is 0 Å². The van der Waals surface area contributed by atoms with Crippen molar-refractivity contribution in [3.05, 3.63) is 66.0 Å². The number of halogens is 1. The van der Waals surface area contributed by atoms with E-state index in [0.29, 0.717) is 0 Å². The maximum absolute atomic E-state index is 11.8. The molecule has 0 fully saturated rings. The number of carbonyl (C=O) groups is 1. The molecule has 0 aliphatic rings. The Balaban J connectivity index is 2.80. The Hall–Kier alpha value is -2.13. The van der Waals surface area contributed by atoms with Gasteiger partial charge in [-0.3, -0.25) is 4.79 Å². The van der Waals surface area contributed by atoms with Gasteiger partial charge < -0.3 is 0 Å². The lowest BCUT2D eigenvalue weighted by atomic mass is 10.2. The summed E-state index contributed by atoms with van der Waals surface area (Å²) in [6.45, 7) is 0. The molecular formula is C14H11ClN2O. The van der Waals surface area contributed by atoms with Crippen LogP contribution in [0.2, 0.25) is 0 Å². The summed E-state index contributed by atoms with van der Waals surface area (Å²) in [7, 11) is 0. The van der Waals surface area contributed by atoms with E-state index in [1.54, 1.807) is 0 Å². The summed E-state index contributed by atoms with van der Waals surface area (Å²) < 4.78 is 85.1. The summed E-state index contributed by atoms with van der Waals surface area (Å²) in [4.78, 5) is 11.8. The van der Waals surface area contributed by atoms with E-state index < -0.39 is 83.2 Å². The zero-order valence-electron chi connectivity index (χ0n) is 19.7. The fourth-order valence-corrected chi connectivity index (χ4v) is 1.05. The fraction of sp³-hybridized carbons (Fsp3) is 0. The van der Waals surface area contributed by atoms with Gasteiger partial charge in [0.1, 0.15) is 0 Å². The van der Waals surface area contributed by atoms with Gasteiger partial charge in [-0.05, 0) is 29.2 Å². The first kappa shape index (κ1) is 4.52. The highest BCUT2D eigenvalue weighted by atomic mass is 35.5.